The zero-order valence-corrected chi connectivity index (χ0v) is 10.2. The molecule has 0 fully saturated rings. The maximum Gasteiger partial charge on any atom is 0.216 e. The second-order valence-corrected chi connectivity index (χ2v) is 3.99. The molecule has 0 aromatic carbocycles. The fourth-order valence-electron chi connectivity index (χ4n) is 1.37. The first kappa shape index (κ1) is 12.2. The third-order valence-corrected chi connectivity index (χ3v) is 3.04. The molecule has 84 valence electrons. The predicted octanol–water partition coefficient (Wildman–Crippen LogP) is 3.00. The lowest BCUT2D eigenvalue weighted by molar-refractivity contribution is 0.325. The number of rotatable bonds is 5. The molecule has 0 N–H and O–H groups in total. The van der Waals surface area contributed by atoms with Crippen LogP contribution in [-0.2, 0) is 0 Å². The highest BCUT2D eigenvalue weighted by Gasteiger charge is 2.16. The maximum atomic E-state index is 6.18. The zero-order valence-electron chi connectivity index (χ0n) is 9.40. The molecular weight excluding hydrogens is 212 g/mol. The maximum absolute atomic E-state index is 6.18. The Morgan fingerprint density at radius 1 is 1.40 bits per heavy atom. The Morgan fingerprint density at radius 3 is 2.73 bits per heavy atom. The van der Waals surface area contributed by atoms with Crippen molar-refractivity contribution in [3.8, 4) is 5.88 Å². The molecule has 15 heavy (non-hydrogen) atoms. The Morgan fingerprint density at radius 2 is 2.13 bits per heavy atom. The lowest BCUT2D eigenvalue weighted by atomic mass is 10.0. The van der Waals surface area contributed by atoms with Crippen LogP contribution < -0.4 is 4.74 Å². The molecule has 0 amide bonds. The average Bonchev–Trinajstić information content (AvgIpc) is 2.28. The first-order chi connectivity index (χ1) is 7.19. The van der Waals surface area contributed by atoms with E-state index in [1.54, 1.807) is 0 Å². The molecule has 2 atom stereocenters. The van der Waals surface area contributed by atoms with Crippen LogP contribution in [0.1, 0.15) is 38.8 Å². The normalized spacial score (nSPS) is 14.7. The largest absolute Gasteiger partial charge is 0.478 e. The van der Waals surface area contributed by atoms with Gasteiger partial charge in [0, 0.05) is 17.4 Å². The zero-order chi connectivity index (χ0) is 11.3. The summed E-state index contributed by atoms with van der Waals surface area (Å²) in [7, 11) is 0. The summed E-state index contributed by atoms with van der Waals surface area (Å²) < 4.78 is 5.32. The van der Waals surface area contributed by atoms with Gasteiger partial charge in [0.05, 0.1) is 12.3 Å². The number of hydrogen-bond acceptors (Lipinski definition) is 3. The molecule has 3 nitrogen and oxygen atoms in total. The average molecular weight is 229 g/mol. The number of halogens is 1. The van der Waals surface area contributed by atoms with E-state index >= 15 is 0 Å². The van der Waals surface area contributed by atoms with Gasteiger partial charge in [-0.3, -0.25) is 0 Å². The molecule has 0 aliphatic carbocycles. The van der Waals surface area contributed by atoms with Crippen LogP contribution in [0, 0.1) is 0 Å². The van der Waals surface area contributed by atoms with Gasteiger partial charge >= 0.3 is 0 Å². The molecule has 0 bridgehead atoms. The Kier molecular flexibility index (Phi) is 4.82. The van der Waals surface area contributed by atoms with Crippen molar-refractivity contribution >= 4 is 11.6 Å². The van der Waals surface area contributed by atoms with Crippen molar-refractivity contribution < 1.29 is 4.74 Å². The topological polar surface area (TPSA) is 35.0 Å². The van der Waals surface area contributed by atoms with Gasteiger partial charge < -0.3 is 4.74 Å². The molecule has 0 spiro atoms. The summed E-state index contributed by atoms with van der Waals surface area (Å²) in [6, 6.07) is 1.86. The van der Waals surface area contributed by atoms with Crippen molar-refractivity contribution in [1.29, 1.82) is 0 Å². The van der Waals surface area contributed by atoms with E-state index in [9.17, 15) is 0 Å². The molecule has 1 rings (SSSR count). The third-order valence-electron chi connectivity index (χ3n) is 2.35. The molecule has 1 heterocycles. The number of hydrogen-bond donors (Lipinski definition) is 0. The van der Waals surface area contributed by atoms with E-state index in [1.807, 2.05) is 13.0 Å². The summed E-state index contributed by atoms with van der Waals surface area (Å²) in [6.07, 6.45) is 2.45. The van der Waals surface area contributed by atoms with E-state index in [-0.39, 0.29) is 11.3 Å². The van der Waals surface area contributed by atoms with Crippen LogP contribution in [0.4, 0.5) is 0 Å². The molecule has 0 aliphatic rings. The molecule has 0 saturated heterocycles. The summed E-state index contributed by atoms with van der Waals surface area (Å²) >= 11 is 6.18. The second-order valence-electron chi connectivity index (χ2n) is 3.43. The molecule has 4 heteroatoms. The molecule has 0 radical (unpaired) electrons. The van der Waals surface area contributed by atoms with Crippen molar-refractivity contribution in [1.82, 2.24) is 9.97 Å². The van der Waals surface area contributed by atoms with E-state index < -0.39 is 0 Å². The van der Waals surface area contributed by atoms with Gasteiger partial charge in [-0.15, -0.1) is 11.6 Å². The monoisotopic (exact) mass is 228 g/mol. The molecular formula is C11H17ClN2O. The summed E-state index contributed by atoms with van der Waals surface area (Å²) in [6.45, 7) is 6.68. The van der Waals surface area contributed by atoms with Crippen LogP contribution in [0.3, 0.4) is 0 Å². The van der Waals surface area contributed by atoms with Gasteiger partial charge in [0.2, 0.25) is 5.88 Å². The Balaban J connectivity index is 2.80. The van der Waals surface area contributed by atoms with Gasteiger partial charge in [-0.05, 0) is 13.3 Å². The molecule has 0 saturated carbocycles. The van der Waals surface area contributed by atoms with E-state index in [0.717, 1.165) is 12.1 Å². The number of aromatic nitrogens is 2. The SMILES string of the molecule is CCOc1cc(C(C)C(Cl)CC)ncn1. The van der Waals surface area contributed by atoms with Crippen LogP contribution in [0.25, 0.3) is 0 Å². The van der Waals surface area contributed by atoms with E-state index in [1.165, 1.54) is 6.33 Å². The van der Waals surface area contributed by atoms with Crippen LogP contribution in [0.15, 0.2) is 12.4 Å². The van der Waals surface area contributed by atoms with E-state index in [2.05, 4.69) is 23.8 Å². The molecule has 1 aromatic heterocycles. The second kappa shape index (κ2) is 5.91. The van der Waals surface area contributed by atoms with Crippen LogP contribution >= 0.6 is 11.6 Å². The van der Waals surface area contributed by atoms with Gasteiger partial charge in [-0.25, -0.2) is 9.97 Å². The number of alkyl halides is 1. The standard InChI is InChI=1S/C11H17ClN2O/c1-4-9(12)8(3)10-6-11(15-5-2)14-7-13-10/h6-9H,4-5H2,1-3H3. The first-order valence-electron chi connectivity index (χ1n) is 5.27. The van der Waals surface area contributed by atoms with Crippen LogP contribution in [0.2, 0.25) is 0 Å². The summed E-state index contributed by atoms with van der Waals surface area (Å²) in [5, 5.41) is 0.106. The van der Waals surface area contributed by atoms with E-state index in [0.29, 0.717) is 12.5 Å². The summed E-state index contributed by atoms with van der Waals surface area (Å²) in [5.41, 5.74) is 0.940. The van der Waals surface area contributed by atoms with Crippen molar-refractivity contribution in [2.45, 2.75) is 38.5 Å². The fourth-order valence-corrected chi connectivity index (χ4v) is 1.50. The van der Waals surface area contributed by atoms with Crippen LogP contribution in [-0.4, -0.2) is 22.0 Å². The molecule has 0 aliphatic heterocycles. The highest BCUT2D eigenvalue weighted by molar-refractivity contribution is 6.21. The number of ether oxygens (including phenoxy) is 1. The van der Waals surface area contributed by atoms with E-state index in [4.69, 9.17) is 16.3 Å². The summed E-state index contributed by atoms with van der Waals surface area (Å²) in [5.74, 6) is 0.841. The number of nitrogens with zero attached hydrogens (tertiary/aromatic N) is 2. The van der Waals surface area contributed by atoms with Gasteiger partial charge in [0.1, 0.15) is 6.33 Å². The minimum Gasteiger partial charge on any atom is -0.478 e. The van der Waals surface area contributed by atoms with Crippen molar-refractivity contribution in [2.75, 3.05) is 6.61 Å². The minimum absolute atomic E-state index is 0.106. The quantitative estimate of drug-likeness (QED) is 0.727. The Hall–Kier alpha value is -0.830. The molecule has 1 aromatic rings. The highest BCUT2D eigenvalue weighted by atomic mass is 35.5. The van der Waals surface area contributed by atoms with Crippen molar-refractivity contribution in [3.05, 3.63) is 18.1 Å². The fraction of sp³-hybridized carbons (Fsp3) is 0.636. The lowest BCUT2D eigenvalue weighted by Crippen LogP contribution is -2.10. The summed E-state index contributed by atoms with van der Waals surface area (Å²) in [4.78, 5) is 8.24. The van der Waals surface area contributed by atoms with Gasteiger partial charge in [0.15, 0.2) is 0 Å². The Labute approximate surface area is 95.8 Å². The first-order valence-corrected chi connectivity index (χ1v) is 5.71. The Bertz CT molecular complexity index is 306. The third kappa shape index (κ3) is 3.34. The molecule has 2 unspecified atom stereocenters. The minimum atomic E-state index is 0.106. The lowest BCUT2D eigenvalue weighted by Gasteiger charge is -2.15. The van der Waals surface area contributed by atoms with Crippen molar-refractivity contribution in [2.24, 2.45) is 0 Å². The van der Waals surface area contributed by atoms with Crippen LogP contribution in [0.5, 0.6) is 5.88 Å². The van der Waals surface area contributed by atoms with Gasteiger partial charge in [0.25, 0.3) is 0 Å². The highest BCUT2D eigenvalue weighted by Crippen LogP contribution is 2.25. The van der Waals surface area contributed by atoms with Crippen molar-refractivity contribution in [3.63, 3.8) is 0 Å². The smallest absolute Gasteiger partial charge is 0.216 e. The van der Waals surface area contributed by atoms with Gasteiger partial charge in [-0.2, -0.15) is 0 Å². The van der Waals surface area contributed by atoms with Gasteiger partial charge in [-0.1, -0.05) is 13.8 Å². The predicted molar refractivity (Wildman–Crippen MR) is 61.5 cm³/mol.